The number of hydrogen-bond acceptors (Lipinski definition) is 4. The summed E-state index contributed by atoms with van der Waals surface area (Å²) >= 11 is 12.3. The van der Waals surface area contributed by atoms with Crippen molar-refractivity contribution in [1.29, 1.82) is 0 Å². The lowest BCUT2D eigenvalue weighted by atomic mass is 10.2. The summed E-state index contributed by atoms with van der Waals surface area (Å²) in [6, 6.07) is 23.9. The highest BCUT2D eigenvalue weighted by atomic mass is 35.5. The molecular weight excluding hydrogens is 517 g/mol. The molecule has 36 heavy (non-hydrogen) atoms. The standard InChI is InChI=1S/C27H29Cl2N3O3S/c28-24-11-12-25(29)26(19-24)36(34,35)32(21-23-9-5-2-6-10-23)14-13-27(33)31-17-15-30(16-18-31)20-22-7-3-1-4-8-22/h1-12,19H,13-18,20-21H2. The molecule has 0 radical (unpaired) electrons. The zero-order valence-corrected chi connectivity index (χ0v) is 22.2. The van der Waals surface area contributed by atoms with Crippen molar-refractivity contribution < 1.29 is 13.2 Å². The summed E-state index contributed by atoms with van der Waals surface area (Å²) in [7, 11) is -3.98. The number of amides is 1. The molecule has 0 N–H and O–H groups in total. The topological polar surface area (TPSA) is 60.9 Å². The molecule has 1 fully saturated rings. The van der Waals surface area contributed by atoms with E-state index in [1.54, 1.807) is 6.07 Å². The van der Waals surface area contributed by atoms with Gasteiger partial charge in [0.1, 0.15) is 4.90 Å². The van der Waals surface area contributed by atoms with Gasteiger partial charge < -0.3 is 4.90 Å². The van der Waals surface area contributed by atoms with Crippen LogP contribution in [-0.4, -0.2) is 61.2 Å². The van der Waals surface area contributed by atoms with Crippen LogP contribution >= 0.6 is 23.2 Å². The molecule has 1 aliphatic rings. The number of piperazine rings is 1. The fourth-order valence-corrected chi connectivity index (χ4v) is 6.43. The Labute approximate surface area is 223 Å². The number of sulfonamides is 1. The van der Waals surface area contributed by atoms with Gasteiger partial charge in [-0.3, -0.25) is 9.69 Å². The van der Waals surface area contributed by atoms with Crippen LogP contribution in [0.2, 0.25) is 10.0 Å². The molecule has 0 aliphatic carbocycles. The lowest BCUT2D eigenvalue weighted by molar-refractivity contribution is -0.133. The van der Waals surface area contributed by atoms with E-state index in [4.69, 9.17) is 23.2 Å². The van der Waals surface area contributed by atoms with Crippen LogP contribution in [-0.2, 0) is 27.9 Å². The Balaban J connectivity index is 1.41. The first-order valence-electron chi connectivity index (χ1n) is 11.9. The highest BCUT2D eigenvalue weighted by molar-refractivity contribution is 7.89. The van der Waals surface area contributed by atoms with Crippen molar-refractivity contribution in [3.05, 3.63) is 100 Å². The molecule has 190 valence electrons. The van der Waals surface area contributed by atoms with Gasteiger partial charge in [0.15, 0.2) is 0 Å². The summed E-state index contributed by atoms with van der Waals surface area (Å²) in [5.41, 5.74) is 2.07. The largest absolute Gasteiger partial charge is 0.340 e. The fraction of sp³-hybridized carbons (Fsp3) is 0.296. The van der Waals surface area contributed by atoms with Gasteiger partial charge in [0, 0.05) is 57.3 Å². The second kappa shape index (κ2) is 12.2. The molecule has 1 heterocycles. The highest BCUT2D eigenvalue weighted by Crippen LogP contribution is 2.29. The lowest BCUT2D eigenvalue weighted by Crippen LogP contribution is -2.49. The van der Waals surface area contributed by atoms with Crippen molar-refractivity contribution in [3.8, 4) is 0 Å². The number of nitrogens with zero attached hydrogens (tertiary/aromatic N) is 3. The van der Waals surface area contributed by atoms with E-state index >= 15 is 0 Å². The molecule has 1 saturated heterocycles. The minimum atomic E-state index is -3.98. The molecular formula is C27H29Cl2N3O3S. The Hall–Kier alpha value is -2.42. The van der Waals surface area contributed by atoms with E-state index in [1.807, 2.05) is 53.4 Å². The Morgan fingerprint density at radius 3 is 2.08 bits per heavy atom. The van der Waals surface area contributed by atoms with Crippen LogP contribution in [0, 0.1) is 0 Å². The molecule has 0 bridgehead atoms. The quantitative estimate of drug-likeness (QED) is 0.383. The lowest BCUT2D eigenvalue weighted by Gasteiger charge is -2.35. The van der Waals surface area contributed by atoms with Crippen molar-refractivity contribution in [2.24, 2.45) is 0 Å². The number of hydrogen-bond donors (Lipinski definition) is 0. The third-order valence-electron chi connectivity index (χ3n) is 6.26. The van der Waals surface area contributed by atoms with E-state index in [0.29, 0.717) is 13.1 Å². The van der Waals surface area contributed by atoms with Crippen molar-refractivity contribution in [1.82, 2.24) is 14.1 Å². The molecule has 6 nitrogen and oxygen atoms in total. The smallest absolute Gasteiger partial charge is 0.244 e. The maximum absolute atomic E-state index is 13.6. The molecule has 9 heteroatoms. The summed E-state index contributed by atoms with van der Waals surface area (Å²) in [6.45, 7) is 3.84. The first kappa shape index (κ1) is 26.6. The molecule has 0 atom stereocenters. The monoisotopic (exact) mass is 545 g/mol. The average molecular weight is 547 g/mol. The van der Waals surface area contributed by atoms with Gasteiger partial charge in [0.25, 0.3) is 0 Å². The van der Waals surface area contributed by atoms with E-state index < -0.39 is 10.0 Å². The molecule has 0 saturated carbocycles. The number of carbonyl (C=O) groups is 1. The van der Waals surface area contributed by atoms with Crippen LogP contribution in [0.5, 0.6) is 0 Å². The second-order valence-corrected chi connectivity index (χ2v) is 11.5. The normalized spacial score (nSPS) is 14.8. The van der Waals surface area contributed by atoms with Crippen LogP contribution in [0.25, 0.3) is 0 Å². The number of halogens is 2. The van der Waals surface area contributed by atoms with Gasteiger partial charge in [-0.05, 0) is 29.3 Å². The van der Waals surface area contributed by atoms with E-state index in [-0.39, 0.29) is 40.4 Å². The second-order valence-electron chi connectivity index (χ2n) is 8.79. The van der Waals surface area contributed by atoms with Gasteiger partial charge in [-0.1, -0.05) is 83.9 Å². The number of rotatable bonds is 9. The van der Waals surface area contributed by atoms with Crippen LogP contribution in [0.4, 0.5) is 0 Å². The third-order valence-corrected chi connectivity index (χ3v) is 8.82. The Bertz CT molecular complexity index is 1270. The minimum Gasteiger partial charge on any atom is -0.340 e. The van der Waals surface area contributed by atoms with E-state index in [2.05, 4.69) is 17.0 Å². The van der Waals surface area contributed by atoms with Crippen LogP contribution in [0.1, 0.15) is 17.5 Å². The van der Waals surface area contributed by atoms with E-state index in [1.165, 1.54) is 22.0 Å². The van der Waals surface area contributed by atoms with Crippen molar-refractivity contribution in [2.45, 2.75) is 24.4 Å². The predicted octanol–water partition coefficient (Wildman–Crippen LogP) is 4.92. The summed E-state index contributed by atoms with van der Waals surface area (Å²) in [5, 5.41) is 0.375. The zero-order chi connectivity index (χ0) is 25.5. The Kier molecular flexibility index (Phi) is 9.04. The zero-order valence-electron chi connectivity index (χ0n) is 19.9. The van der Waals surface area contributed by atoms with Gasteiger partial charge in [-0.25, -0.2) is 8.42 Å². The summed E-state index contributed by atoms with van der Waals surface area (Å²) in [5.74, 6) is -0.0557. The third kappa shape index (κ3) is 6.87. The molecule has 0 aromatic heterocycles. The molecule has 3 aromatic rings. The molecule has 0 unspecified atom stereocenters. The molecule has 4 rings (SSSR count). The fourth-order valence-electron chi connectivity index (χ4n) is 4.26. The molecule has 1 aliphatic heterocycles. The SMILES string of the molecule is O=C(CCN(Cc1ccccc1)S(=O)(=O)c1cc(Cl)ccc1Cl)N1CCN(Cc2ccccc2)CC1. The molecule has 1 amide bonds. The van der Waals surface area contributed by atoms with Crippen LogP contribution < -0.4 is 0 Å². The Morgan fingerprint density at radius 1 is 0.833 bits per heavy atom. The number of benzene rings is 3. The first-order chi connectivity index (χ1) is 17.3. The molecule has 0 spiro atoms. The van der Waals surface area contributed by atoms with Gasteiger partial charge in [0.05, 0.1) is 5.02 Å². The average Bonchev–Trinajstić information content (AvgIpc) is 2.89. The summed E-state index contributed by atoms with van der Waals surface area (Å²) in [4.78, 5) is 17.1. The van der Waals surface area contributed by atoms with Crippen molar-refractivity contribution >= 4 is 39.1 Å². The summed E-state index contributed by atoms with van der Waals surface area (Å²) in [6.07, 6.45) is 0.0862. The van der Waals surface area contributed by atoms with E-state index in [9.17, 15) is 13.2 Å². The van der Waals surface area contributed by atoms with Crippen LogP contribution in [0.3, 0.4) is 0 Å². The first-order valence-corrected chi connectivity index (χ1v) is 14.1. The van der Waals surface area contributed by atoms with Gasteiger partial charge >= 0.3 is 0 Å². The number of carbonyl (C=O) groups excluding carboxylic acids is 1. The predicted molar refractivity (Wildman–Crippen MR) is 143 cm³/mol. The minimum absolute atomic E-state index is 0.0448. The maximum atomic E-state index is 13.6. The van der Waals surface area contributed by atoms with Crippen molar-refractivity contribution in [3.63, 3.8) is 0 Å². The maximum Gasteiger partial charge on any atom is 0.244 e. The van der Waals surface area contributed by atoms with Gasteiger partial charge in [0.2, 0.25) is 15.9 Å². The van der Waals surface area contributed by atoms with Gasteiger partial charge in [-0.2, -0.15) is 4.31 Å². The highest BCUT2D eigenvalue weighted by Gasteiger charge is 2.29. The van der Waals surface area contributed by atoms with E-state index in [0.717, 1.165) is 25.2 Å². The Morgan fingerprint density at radius 2 is 1.44 bits per heavy atom. The van der Waals surface area contributed by atoms with Crippen LogP contribution in [0.15, 0.2) is 83.8 Å². The van der Waals surface area contributed by atoms with Gasteiger partial charge in [-0.15, -0.1) is 0 Å². The van der Waals surface area contributed by atoms with Crippen molar-refractivity contribution in [2.75, 3.05) is 32.7 Å². The summed E-state index contributed by atoms with van der Waals surface area (Å²) < 4.78 is 28.4. The molecule has 3 aromatic carbocycles.